The molecule has 0 spiro atoms. The molecule has 0 unspecified atom stereocenters. The van der Waals surface area contributed by atoms with Crippen LogP contribution in [0.25, 0.3) is 0 Å². The lowest BCUT2D eigenvalue weighted by atomic mass is 10.4. The molecule has 11 heavy (non-hydrogen) atoms. The topological polar surface area (TPSA) is 70.7 Å². The number of rotatable bonds is 5. The number of nitrogens with zero attached hydrogens (tertiary/aromatic N) is 2. The van der Waals surface area contributed by atoms with Crippen LogP contribution >= 0.6 is 0 Å². The SMILES string of the molecule is CN(C)CC/C(N)=N/NC=O. The number of nitrogens with two attached hydrogens (primary N) is 1. The van der Waals surface area contributed by atoms with Crippen molar-refractivity contribution in [3.63, 3.8) is 0 Å². The summed E-state index contributed by atoms with van der Waals surface area (Å²) in [6.07, 6.45) is 1.15. The highest BCUT2D eigenvalue weighted by Gasteiger charge is 1.93. The summed E-state index contributed by atoms with van der Waals surface area (Å²) < 4.78 is 0. The summed E-state index contributed by atoms with van der Waals surface area (Å²) >= 11 is 0. The zero-order valence-corrected chi connectivity index (χ0v) is 6.87. The minimum atomic E-state index is 0.436. The van der Waals surface area contributed by atoms with Crippen molar-refractivity contribution in [1.29, 1.82) is 0 Å². The molecule has 0 aromatic rings. The van der Waals surface area contributed by atoms with E-state index in [0.29, 0.717) is 18.7 Å². The molecule has 5 nitrogen and oxygen atoms in total. The summed E-state index contributed by atoms with van der Waals surface area (Å²) in [5, 5.41) is 3.56. The smallest absolute Gasteiger partial charge is 0.227 e. The van der Waals surface area contributed by atoms with E-state index in [9.17, 15) is 4.79 Å². The highest BCUT2D eigenvalue weighted by atomic mass is 16.1. The Labute approximate surface area is 66.2 Å². The molecule has 0 radical (unpaired) electrons. The molecule has 0 aliphatic carbocycles. The first-order chi connectivity index (χ1) is 5.16. The van der Waals surface area contributed by atoms with Crippen molar-refractivity contribution in [2.75, 3.05) is 20.6 Å². The molecule has 0 aliphatic heterocycles. The summed E-state index contributed by atoms with van der Waals surface area (Å²) in [6, 6.07) is 0. The number of amidine groups is 1. The Morgan fingerprint density at radius 3 is 2.82 bits per heavy atom. The van der Waals surface area contributed by atoms with Gasteiger partial charge < -0.3 is 10.6 Å². The van der Waals surface area contributed by atoms with Gasteiger partial charge in [-0.05, 0) is 14.1 Å². The fourth-order valence-corrected chi connectivity index (χ4v) is 0.503. The van der Waals surface area contributed by atoms with E-state index < -0.39 is 0 Å². The van der Waals surface area contributed by atoms with Crippen LogP contribution in [0, 0.1) is 0 Å². The third kappa shape index (κ3) is 6.79. The molecule has 0 fully saturated rings. The summed E-state index contributed by atoms with van der Waals surface area (Å²) in [6.45, 7) is 0.829. The number of hydrazone groups is 1. The number of nitrogens with one attached hydrogen (secondary N) is 1. The number of amides is 1. The molecule has 3 N–H and O–H groups in total. The Kier molecular flexibility index (Phi) is 5.10. The van der Waals surface area contributed by atoms with Crippen molar-refractivity contribution in [2.24, 2.45) is 10.8 Å². The zero-order chi connectivity index (χ0) is 8.69. The Bertz CT molecular complexity index is 144. The second-order valence-corrected chi connectivity index (χ2v) is 2.40. The minimum Gasteiger partial charge on any atom is -0.386 e. The van der Waals surface area contributed by atoms with Gasteiger partial charge in [-0.1, -0.05) is 0 Å². The summed E-state index contributed by atoms with van der Waals surface area (Å²) in [5.74, 6) is 0.436. The van der Waals surface area contributed by atoms with Crippen LogP contribution in [0.1, 0.15) is 6.42 Å². The summed E-state index contributed by atoms with van der Waals surface area (Å²) in [4.78, 5) is 11.8. The van der Waals surface area contributed by atoms with Gasteiger partial charge in [0, 0.05) is 13.0 Å². The quantitative estimate of drug-likeness (QED) is 0.232. The molecule has 64 valence electrons. The largest absolute Gasteiger partial charge is 0.386 e. The van der Waals surface area contributed by atoms with E-state index in [1.54, 1.807) is 0 Å². The fourth-order valence-electron chi connectivity index (χ4n) is 0.503. The van der Waals surface area contributed by atoms with Crippen LogP contribution in [0.3, 0.4) is 0 Å². The third-order valence-corrected chi connectivity index (χ3v) is 1.08. The predicted octanol–water partition coefficient (Wildman–Crippen LogP) is -1.04. The highest BCUT2D eigenvalue weighted by molar-refractivity contribution is 5.80. The number of hydrogen-bond acceptors (Lipinski definition) is 3. The molecular weight excluding hydrogens is 144 g/mol. The summed E-state index contributed by atoms with van der Waals surface area (Å²) in [5.41, 5.74) is 7.55. The molecule has 0 rings (SSSR count). The average Bonchev–Trinajstić information content (AvgIpc) is 1.97. The Balaban J connectivity index is 3.50. The lowest BCUT2D eigenvalue weighted by Gasteiger charge is -2.07. The lowest BCUT2D eigenvalue weighted by molar-refractivity contribution is -0.109. The fraction of sp³-hybridized carbons (Fsp3) is 0.667. The molecule has 0 heterocycles. The molecule has 0 atom stereocenters. The van der Waals surface area contributed by atoms with E-state index in [2.05, 4.69) is 10.5 Å². The van der Waals surface area contributed by atoms with Crippen LogP contribution in [-0.2, 0) is 4.79 Å². The minimum absolute atomic E-state index is 0.436. The molecule has 0 saturated heterocycles. The maximum absolute atomic E-state index is 9.76. The maximum atomic E-state index is 9.76. The van der Waals surface area contributed by atoms with Crippen molar-refractivity contribution in [3.8, 4) is 0 Å². The highest BCUT2D eigenvalue weighted by Crippen LogP contribution is 1.81. The molecule has 5 heteroatoms. The van der Waals surface area contributed by atoms with E-state index in [0.717, 1.165) is 6.54 Å². The van der Waals surface area contributed by atoms with Crippen molar-refractivity contribution < 1.29 is 4.79 Å². The number of carbonyl (C=O) groups excluding carboxylic acids is 1. The maximum Gasteiger partial charge on any atom is 0.227 e. The first-order valence-electron chi connectivity index (χ1n) is 3.32. The lowest BCUT2D eigenvalue weighted by Crippen LogP contribution is -2.23. The van der Waals surface area contributed by atoms with Gasteiger partial charge in [0.15, 0.2) is 0 Å². The molecule has 0 aliphatic rings. The molecule has 0 bridgehead atoms. The van der Waals surface area contributed by atoms with Gasteiger partial charge in [0.2, 0.25) is 6.41 Å². The number of hydrogen-bond donors (Lipinski definition) is 2. The van der Waals surface area contributed by atoms with Crippen molar-refractivity contribution in [3.05, 3.63) is 0 Å². The van der Waals surface area contributed by atoms with E-state index in [-0.39, 0.29) is 0 Å². The van der Waals surface area contributed by atoms with Gasteiger partial charge in [0.25, 0.3) is 0 Å². The second-order valence-electron chi connectivity index (χ2n) is 2.40. The van der Waals surface area contributed by atoms with Gasteiger partial charge in [-0.3, -0.25) is 4.79 Å². The van der Waals surface area contributed by atoms with Crippen LogP contribution in [0.4, 0.5) is 0 Å². The standard InChI is InChI=1S/C6H14N4O/c1-10(2)4-3-6(7)9-8-5-11/h5H,3-4H2,1-2H3,(H2,7,9)(H,8,11). The average molecular weight is 158 g/mol. The van der Waals surface area contributed by atoms with Gasteiger partial charge in [-0.25, -0.2) is 5.43 Å². The van der Waals surface area contributed by atoms with Crippen LogP contribution in [0.15, 0.2) is 5.10 Å². The molecule has 0 aromatic heterocycles. The molecular formula is C6H14N4O. The van der Waals surface area contributed by atoms with Crippen LogP contribution in [-0.4, -0.2) is 37.8 Å². The first-order valence-corrected chi connectivity index (χ1v) is 3.32. The number of carbonyl (C=O) groups is 1. The predicted molar refractivity (Wildman–Crippen MR) is 44.0 cm³/mol. The van der Waals surface area contributed by atoms with E-state index in [1.807, 2.05) is 19.0 Å². The van der Waals surface area contributed by atoms with Crippen LogP contribution in [0.2, 0.25) is 0 Å². The molecule has 0 saturated carbocycles. The van der Waals surface area contributed by atoms with E-state index >= 15 is 0 Å². The van der Waals surface area contributed by atoms with Crippen LogP contribution in [0.5, 0.6) is 0 Å². The first kappa shape index (κ1) is 9.90. The van der Waals surface area contributed by atoms with Crippen molar-refractivity contribution >= 4 is 12.2 Å². The molecule has 0 aromatic carbocycles. The molecule has 1 amide bonds. The normalized spacial score (nSPS) is 11.7. The zero-order valence-electron chi connectivity index (χ0n) is 6.87. The van der Waals surface area contributed by atoms with Gasteiger partial charge in [0.05, 0.1) is 0 Å². The Morgan fingerprint density at radius 2 is 2.36 bits per heavy atom. The van der Waals surface area contributed by atoms with Crippen molar-refractivity contribution in [2.45, 2.75) is 6.42 Å². The van der Waals surface area contributed by atoms with Crippen LogP contribution < -0.4 is 11.2 Å². The Morgan fingerprint density at radius 1 is 1.73 bits per heavy atom. The van der Waals surface area contributed by atoms with Gasteiger partial charge in [-0.2, -0.15) is 5.10 Å². The second kappa shape index (κ2) is 5.67. The van der Waals surface area contributed by atoms with Crippen molar-refractivity contribution in [1.82, 2.24) is 10.3 Å². The Hall–Kier alpha value is -1.10. The van der Waals surface area contributed by atoms with Gasteiger partial charge >= 0.3 is 0 Å². The van der Waals surface area contributed by atoms with Gasteiger partial charge in [-0.15, -0.1) is 0 Å². The third-order valence-electron chi connectivity index (χ3n) is 1.08. The summed E-state index contributed by atoms with van der Waals surface area (Å²) in [7, 11) is 3.89. The monoisotopic (exact) mass is 158 g/mol. The van der Waals surface area contributed by atoms with E-state index in [4.69, 9.17) is 5.73 Å². The van der Waals surface area contributed by atoms with E-state index in [1.165, 1.54) is 0 Å². The van der Waals surface area contributed by atoms with Gasteiger partial charge in [0.1, 0.15) is 5.84 Å².